The summed E-state index contributed by atoms with van der Waals surface area (Å²) in [5.41, 5.74) is 0.644. The van der Waals surface area contributed by atoms with Crippen molar-refractivity contribution in [2.75, 3.05) is 23.3 Å². The van der Waals surface area contributed by atoms with Crippen LogP contribution in [0, 0.1) is 10.1 Å². The predicted molar refractivity (Wildman–Crippen MR) is 102 cm³/mol. The Hall–Kier alpha value is -3.00. The van der Waals surface area contributed by atoms with Crippen molar-refractivity contribution in [1.82, 2.24) is 4.98 Å². The van der Waals surface area contributed by atoms with Gasteiger partial charge < -0.3 is 10.2 Å². The van der Waals surface area contributed by atoms with Crippen LogP contribution in [-0.4, -0.2) is 28.9 Å². The summed E-state index contributed by atoms with van der Waals surface area (Å²) in [7, 11) is 0. The number of anilines is 2. The molecule has 0 atom stereocenters. The molecule has 0 radical (unpaired) electrons. The molecule has 1 saturated heterocycles. The minimum Gasteiger partial charge on any atom is -0.357 e. The van der Waals surface area contributed by atoms with Crippen molar-refractivity contribution >= 4 is 44.5 Å². The number of benzene rings is 1. The molecule has 1 aliphatic heterocycles. The molecule has 3 aromatic rings. The van der Waals surface area contributed by atoms with Gasteiger partial charge in [-0.25, -0.2) is 4.98 Å². The van der Waals surface area contributed by atoms with Crippen LogP contribution in [0.5, 0.6) is 0 Å². The van der Waals surface area contributed by atoms with Gasteiger partial charge in [0, 0.05) is 35.3 Å². The Labute approximate surface area is 153 Å². The summed E-state index contributed by atoms with van der Waals surface area (Å²) < 4.78 is 0.836. The van der Waals surface area contributed by atoms with Crippen molar-refractivity contribution in [1.29, 1.82) is 0 Å². The predicted octanol–water partition coefficient (Wildman–Crippen LogP) is 4.06. The van der Waals surface area contributed by atoms with Crippen molar-refractivity contribution in [3.63, 3.8) is 0 Å². The highest BCUT2D eigenvalue weighted by Crippen LogP contribution is 2.29. The van der Waals surface area contributed by atoms with Crippen LogP contribution in [0.15, 0.2) is 42.6 Å². The third kappa shape index (κ3) is 3.23. The maximum atomic E-state index is 12.5. The molecule has 1 N–H and O–H groups in total. The lowest BCUT2D eigenvalue weighted by atomic mass is 10.2. The molecule has 1 aliphatic rings. The number of non-ortho nitro benzene ring substituents is 1. The van der Waals surface area contributed by atoms with Crippen molar-refractivity contribution in [3.05, 3.63) is 57.6 Å². The van der Waals surface area contributed by atoms with Crippen LogP contribution >= 0.6 is 11.3 Å². The molecule has 8 heteroatoms. The zero-order chi connectivity index (χ0) is 18.1. The Kier molecular flexibility index (Phi) is 4.26. The number of nitrogens with zero attached hydrogens (tertiary/aromatic N) is 3. The largest absolute Gasteiger partial charge is 0.357 e. The van der Waals surface area contributed by atoms with Gasteiger partial charge in [-0.05, 0) is 37.1 Å². The topological polar surface area (TPSA) is 88.4 Å². The van der Waals surface area contributed by atoms with Gasteiger partial charge in [0.15, 0.2) is 0 Å². The number of hydrogen-bond acceptors (Lipinski definition) is 6. The van der Waals surface area contributed by atoms with Crippen LogP contribution in [0.2, 0.25) is 0 Å². The number of amides is 1. The van der Waals surface area contributed by atoms with E-state index in [1.165, 1.54) is 36.3 Å². The van der Waals surface area contributed by atoms with Crippen LogP contribution in [0.25, 0.3) is 10.1 Å². The molecule has 7 nitrogen and oxygen atoms in total. The Morgan fingerprint density at radius 1 is 1.19 bits per heavy atom. The fourth-order valence-electron chi connectivity index (χ4n) is 3.04. The highest BCUT2D eigenvalue weighted by atomic mass is 32.1. The lowest BCUT2D eigenvalue weighted by molar-refractivity contribution is -0.384. The van der Waals surface area contributed by atoms with Gasteiger partial charge in [-0.2, -0.15) is 0 Å². The number of thiophene rings is 1. The van der Waals surface area contributed by atoms with E-state index in [4.69, 9.17) is 0 Å². The van der Waals surface area contributed by atoms with Gasteiger partial charge in [0.05, 0.1) is 21.7 Å². The van der Waals surface area contributed by atoms with Gasteiger partial charge in [0.2, 0.25) is 0 Å². The van der Waals surface area contributed by atoms with E-state index in [0.29, 0.717) is 16.0 Å². The summed E-state index contributed by atoms with van der Waals surface area (Å²) in [6.07, 6.45) is 4.03. The van der Waals surface area contributed by atoms with Gasteiger partial charge in [0.1, 0.15) is 5.82 Å². The summed E-state index contributed by atoms with van der Waals surface area (Å²) in [6.45, 7) is 2.04. The van der Waals surface area contributed by atoms with Crippen molar-refractivity contribution in [2.24, 2.45) is 0 Å². The van der Waals surface area contributed by atoms with Gasteiger partial charge in [0.25, 0.3) is 11.6 Å². The number of aromatic nitrogens is 1. The summed E-state index contributed by atoms with van der Waals surface area (Å²) in [4.78, 5) is 30.1. The van der Waals surface area contributed by atoms with Gasteiger partial charge in [-0.15, -0.1) is 11.3 Å². The Bertz CT molecular complexity index is 978. The molecule has 0 spiro atoms. The van der Waals surface area contributed by atoms with Crippen molar-refractivity contribution in [3.8, 4) is 0 Å². The first-order valence-corrected chi connectivity index (χ1v) is 9.12. The Balaban J connectivity index is 1.50. The minimum atomic E-state index is -0.440. The number of carbonyl (C=O) groups excluding carboxylic acids is 1. The highest BCUT2D eigenvalue weighted by Gasteiger charge is 2.15. The van der Waals surface area contributed by atoms with E-state index in [2.05, 4.69) is 15.2 Å². The highest BCUT2D eigenvalue weighted by molar-refractivity contribution is 7.20. The third-order valence-corrected chi connectivity index (χ3v) is 5.49. The zero-order valence-electron chi connectivity index (χ0n) is 13.8. The van der Waals surface area contributed by atoms with Crippen molar-refractivity contribution in [2.45, 2.75) is 12.8 Å². The normalized spacial score (nSPS) is 13.9. The summed E-state index contributed by atoms with van der Waals surface area (Å²) in [6, 6.07) is 10.0. The maximum absolute atomic E-state index is 12.5. The molecule has 3 heterocycles. The fraction of sp³-hybridized carbons (Fsp3) is 0.222. The molecule has 0 unspecified atom stereocenters. The number of fused-ring (bicyclic) bond motifs is 1. The monoisotopic (exact) mass is 368 g/mol. The second kappa shape index (κ2) is 6.72. The molecule has 4 rings (SSSR count). The first-order chi connectivity index (χ1) is 12.6. The van der Waals surface area contributed by atoms with Crippen molar-refractivity contribution < 1.29 is 9.72 Å². The zero-order valence-corrected chi connectivity index (χ0v) is 14.7. The number of hydrogen-bond donors (Lipinski definition) is 1. The number of nitro groups is 1. The number of pyridine rings is 1. The molecule has 132 valence electrons. The third-order valence-electron chi connectivity index (χ3n) is 4.37. The Morgan fingerprint density at radius 3 is 2.69 bits per heavy atom. The molecular formula is C18H16N4O3S. The average molecular weight is 368 g/mol. The van der Waals surface area contributed by atoms with Gasteiger partial charge in [-0.3, -0.25) is 14.9 Å². The lowest BCUT2D eigenvalue weighted by Crippen LogP contribution is -2.19. The van der Waals surface area contributed by atoms with Gasteiger partial charge in [-0.1, -0.05) is 0 Å². The maximum Gasteiger partial charge on any atom is 0.270 e. The average Bonchev–Trinajstić information content (AvgIpc) is 3.31. The smallest absolute Gasteiger partial charge is 0.270 e. The van der Waals surface area contributed by atoms with E-state index in [0.717, 1.165) is 23.6 Å². The second-order valence-corrected chi connectivity index (χ2v) is 7.23. The van der Waals surface area contributed by atoms with Crippen LogP contribution in [-0.2, 0) is 0 Å². The number of nitro benzene ring substituents is 1. The summed E-state index contributed by atoms with van der Waals surface area (Å²) in [5, 5.41) is 14.4. The van der Waals surface area contributed by atoms with Crippen LogP contribution in [0.1, 0.15) is 22.5 Å². The molecular weight excluding hydrogens is 352 g/mol. The van der Waals surface area contributed by atoms with Crippen LogP contribution in [0.3, 0.4) is 0 Å². The molecule has 0 aliphatic carbocycles. The number of carbonyl (C=O) groups is 1. The van der Waals surface area contributed by atoms with E-state index < -0.39 is 4.92 Å². The van der Waals surface area contributed by atoms with Crippen LogP contribution < -0.4 is 10.2 Å². The molecule has 1 fully saturated rings. The SMILES string of the molecule is O=C(Nc1ccc(N2CCCC2)nc1)c1cc2cc([N+](=O)[O-])ccc2s1. The van der Waals surface area contributed by atoms with Crippen LogP contribution in [0.4, 0.5) is 17.2 Å². The Morgan fingerprint density at radius 2 is 2.00 bits per heavy atom. The van der Waals surface area contributed by atoms with E-state index in [1.54, 1.807) is 18.3 Å². The van der Waals surface area contributed by atoms with E-state index in [1.807, 2.05) is 12.1 Å². The fourth-order valence-corrected chi connectivity index (χ4v) is 3.98. The molecule has 0 saturated carbocycles. The summed E-state index contributed by atoms with van der Waals surface area (Å²) in [5.74, 6) is 0.680. The molecule has 26 heavy (non-hydrogen) atoms. The first kappa shape index (κ1) is 16.5. The first-order valence-electron chi connectivity index (χ1n) is 8.30. The van der Waals surface area contributed by atoms with E-state index in [-0.39, 0.29) is 11.6 Å². The summed E-state index contributed by atoms with van der Waals surface area (Å²) >= 11 is 1.31. The number of rotatable bonds is 4. The minimum absolute atomic E-state index is 0.0176. The second-order valence-electron chi connectivity index (χ2n) is 6.14. The molecule has 0 bridgehead atoms. The van der Waals surface area contributed by atoms with E-state index >= 15 is 0 Å². The molecule has 2 aromatic heterocycles. The number of nitrogens with one attached hydrogen (secondary N) is 1. The quantitative estimate of drug-likeness (QED) is 0.554. The molecule has 1 aromatic carbocycles. The van der Waals surface area contributed by atoms with Gasteiger partial charge >= 0.3 is 0 Å². The van der Waals surface area contributed by atoms with E-state index in [9.17, 15) is 14.9 Å². The molecule has 1 amide bonds. The standard InChI is InChI=1S/C18H16N4O3S/c23-18(16-10-12-9-14(22(24)25)4-5-15(12)26-16)20-13-3-6-17(19-11-13)21-7-1-2-8-21/h3-6,9-11H,1-2,7-8H2,(H,20,23). The lowest BCUT2D eigenvalue weighted by Gasteiger charge is -2.16.